The van der Waals surface area contributed by atoms with Crippen molar-refractivity contribution in [3.8, 4) is 11.5 Å². The molecule has 0 N–H and O–H groups in total. The minimum absolute atomic E-state index is 0. The Bertz CT molecular complexity index is 1200. The zero-order valence-electron chi connectivity index (χ0n) is 36.4. The van der Waals surface area contributed by atoms with Gasteiger partial charge >= 0.3 is 28.5 Å². The van der Waals surface area contributed by atoms with E-state index in [-0.39, 0.29) is 95.1 Å². The Kier molecular flexibility index (Phi) is 32.8. The maximum absolute atomic E-state index is 10.1. The highest BCUT2D eigenvalue weighted by atomic mass is 16.7. The van der Waals surface area contributed by atoms with Crippen molar-refractivity contribution in [2.24, 2.45) is 4.99 Å². The van der Waals surface area contributed by atoms with Gasteiger partial charge in [0.25, 0.3) is 6.92 Å². The van der Waals surface area contributed by atoms with E-state index in [1.807, 2.05) is 52.0 Å². The Morgan fingerprint density at radius 3 is 1.34 bits per heavy atom. The smallest absolute Gasteiger partial charge is 0.523 e. The van der Waals surface area contributed by atoms with Crippen LogP contribution in [0.2, 0.25) is 35.4 Å². The molecule has 0 radical (unpaired) electrons. The number of isocyanates is 1. The van der Waals surface area contributed by atoms with Crippen molar-refractivity contribution in [3.05, 3.63) is 24.3 Å². The number of carbonyl (C=O) groups excluding carboxylic acids is 1. The molecule has 4 fully saturated rings. The van der Waals surface area contributed by atoms with Crippen LogP contribution < -0.4 is 9.31 Å². The van der Waals surface area contributed by atoms with Crippen molar-refractivity contribution in [1.29, 1.82) is 0 Å². The van der Waals surface area contributed by atoms with E-state index in [4.69, 9.17) is 41.9 Å². The van der Waals surface area contributed by atoms with Gasteiger partial charge in [-0.05, 0) is 89.7 Å². The highest BCUT2D eigenvalue weighted by Gasteiger charge is 2.52. The monoisotopic (exact) mass is 836 g/mol. The molecule has 5 aliphatic heterocycles. The van der Waals surface area contributed by atoms with Gasteiger partial charge in [0.05, 0.1) is 42.7 Å². The SMILES string of the molecule is C.C.C.C.C.CC(C)B1CCCO1.CC(C)B1OC(C)(C)C(C)(C)O1.CC(C)B1OCCO1.CC(C)B1O[C@@H](C)[C@H](C(C)N=C=O)O1.CC(C)B1Oc2ccccc2O1. The van der Waals surface area contributed by atoms with Crippen molar-refractivity contribution < 1.29 is 46.7 Å². The number of hydrogen-bond donors (Lipinski definition) is 0. The summed E-state index contributed by atoms with van der Waals surface area (Å²) in [5.41, 5.74) is -0.357. The number of fused-ring (bicyclic) bond motifs is 1. The summed E-state index contributed by atoms with van der Waals surface area (Å²) in [5, 5.41) is 0. The van der Waals surface area contributed by atoms with Gasteiger partial charge in [-0.3, -0.25) is 0 Å². The van der Waals surface area contributed by atoms with Crippen molar-refractivity contribution in [2.45, 2.75) is 219 Å². The van der Waals surface area contributed by atoms with Crippen LogP contribution in [0.1, 0.15) is 154 Å². The summed E-state index contributed by atoms with van der Waals surface area (Å²) >= 11 is 0. The molecule has 59 heavy (non-hydrogen) atoms. The van der Waals surface area contributed by atoms with Crippen LogP contribution in [0.4, 0.5) is 0 Å². The van der Waals surface area contributed by atoms with Gasteiger partial charge in [-0.2, -0.15) is 0 Å². The second-order valence-corrected chi connectivity index (χ2v) is 17.3. The summed E-state index contributed by atoms with van der Waals surface area (Å²) in [4.78, 5) is 13.7. The van der Waals surface area contributed by atoms with Gasteiger partial charge in [0.2, 0.25) is 6.08 Å². The number of benzene rings is 1. The third-order valence-electron chi connectivity index (χ3n) is 9.97. The Morgan fingerprint density at radius 2 is 1.05 bits per heavy atom. The van der Waals surface area contributed by atoms with Crippen molar-refractivity contribution >= 4 is 41.5 Å². The van der Waals surface area contributed by atoms with Gasteiger partial charge in [-0.15, -0.1) is 0 Å². The van der Waals surface area contributed by atoms with E-state index in [1.165, 1.54) is 12.7 Å². The molecule has 5 heterocycles. The van der Waals surface area contributed by atoms with Crippen LogP contribution in [-0.2, 0) is 37.4 Å². The molecule has 1 unspecified atom stereocenters. The first-order valence-corrected chi connectivity index (χ1v) is 20.2. The largest absolute Gasteiger partial charge is 0.597 e. The van der Waals surface area contributed by atoms with Gasteiger partial charge in [-0.1, -0.05) is 119 Å². The fourth-order valence-corrected chi connectivity index (χ4v) is 5.81. The van der Waals surface area contributed by atoms with Gasteiger partial charge in [0, 0.05) is 12.4 Å². The second-order valence-electron chi connectivity index (χ2n) is 17.3. The second kappa shape index (κ2) is 30.3. The summed E-state index contributed by atoms with van der Waals surface area (Å²) in [5.74, 6) is 4.06. The molecule has 1 aromatic carbocycles. The van der Waals surface area contributed by atoms with Gasteiger partial charge in [-0.25, -0.2) is 9.79 Å². The van der Waals surface area contributed by atoms with E-state index in [0.29, 0.717) is 30.2 Å². The minimum atomic E-state index is -0.189. The number of aliphatic imine (C=N–C) groups is 1. The number of para-hydroxylation sites is 2. The molecule has 4 saturated heterocycles. The van der Waals surface area contributed by atoms with Crippen molar-refractivity contribution in [3.63, 3.8) is 0 Å². The average molecular weight is 835 g/mol. The van der Waals surface area contributed by atoms with Gasteiger partial charge in [0.15, 0.2) is 0 Å². The van der Waals surface area contributed by atoms with E-state index in [2.05, 4.69) is 88.1 Å². The molecule has 3 atom stereocenters. The standard InChI is InChI=1S/C9H16BNO3.C9H11BO2.C9H19BO2.C6H13BO.C5H11BO2.5CH4/c1-6(2)10-13-8(4)9(14-10)7(3)11-5-12;1-7(2)10-11-8-5-3-4-6-9(8)12-10;1-7(2)10-11-8(3,4)9(5,6)12-10;1-6(2)7-4-3-5-8-7;1-5(2)6-7-3-4-8-6;;;;;/h6-9H,1-4H3;3-7H,1-2H3;7H,1-6H3;6H,3-5H2,1-2H3;5H,3-4H2,1-2H3;5*1H4/t7?,8-,9-;;;;;;;;;/m0........./s1. The van der Waals surface area contributed by atoms with Crippen molar-refractivity contribution in [2.75, 3.05) is 19.8 Å². The fraction of sp³-hybridized carbons (Fsp3) is 0.837. The Hall–Kier alpha value is -1.76. The average Bonchev–Trinajstić information content (AvgIpc) is 3.93. The molecule has 11 nitrogen and oxygen atoms in total. The van der Waals surface area contributed by atoms with Crippen LogP contribution >= 0.6 is 0 Å². The molecule has 0 spiro atoms. The summed E-state index contributed by atoms with van der Waals surface area (Å²) in [6.07, 6.45) is 3.94. The molecular weight excluding hydrogens is 745 g/mol. The summed E-state index contributed by atoms with van der Waals surface area (Å²) in [7, 11) is -0.272. The first-order chi connectivity index (χ1) is 25.2. The molecule has 1 aromatic rings. The van der Waals surface area contributed by atoms with E-state index in [9.17, 15) is 4.79 Å². The lowest BCUT2D eigenvalue weighted by molar-refractivity contribution is 0.00578. The van der Waals surface area contributed by atoms with Crippen LogP contribution in [-0.4, -0.2) is 90.7 Å². The number of nitrogens with zero attached hydrogens (tertiary/aromatic N) is 1. The maximum atomic E-state index is 10.1. The molecule has 5 aliphatic rings. The topological polar surface area (TPSA) is 113 Å². The first kappa shape index (κ1) is 63.9. The molecule has 0 amide bonds. The van der Waals surface area contributed by atoms with E-state index < -0.39 is 0 Å². The Morgan fingerprint density at radius 1 is 0.610 bits per heavy atom. The third-order valence-corrected chi connectivity index (χ3v) is 9.97. The predicted octanol–water partition coefficient (Wildman–Crippen LogP) is 12.2. The van der Waals surface area contributed by atoms with Crippen LogP contribution in [0, 0.1) is 0 Å². The van der Waals surface area contributed by atoms with Crippen LogP contribution in [0.5, 0.6) is 11.5 Å². The molecule has 0 aliphatic carbocycles. The summed E-state index contributed by atoms with van der Waals surface area (Å²) in [6.45, 7) is 36.2. The van der Waals surface area contributed by atoms with E-state index in [1.54, 1.807) is 6.08 Å². The van der Waals surface area contributed by atoms with E-state index >= 15 is 0 Å². The quantitative estimate of drug-likeness (QED) is 0.149. The fourth-order valence-electron chi connectivity index (χ4n) is 5.81. The zero-order valence-corrected chi connectivity index (χ0v) is 36.4. The predicted molar refractivity (Wildman–Crippen MR) is 256 cm³/mol. The van der Waals surface area contributed by atoms with E-state index in [0.717, 1.165) is 37.1 Å². The normalized spacial score (nSPS) is 20.8. The third kappa shape index (κ3) is 20.8. The number of rotatable bonds is 7. The lowest BCUT2D eigenvalue weighted by Crippen LogP contribution is -2.41. The zero-order chi connectivity index (χ0) is 40.8. The van der Waals surface area contributed by atoms with Crippen molar-refractivity contribution in [1.82, 2.24) is 0 Å². The molecule has 0 bridgehead atoms. The highest BCUT2D eigenvalue weighted by Crippen LogP contribution is 2.39. The van der Waals surface area contributed by atoms with Crippen LogP contribution in [0.25, 0.3) is 0 Å². The lowest BCUT2D eigenvalue weighted by atomic mass is 9.56. The van der Waals surface area contributed by atoms with Gasteiger partial charge in [0.1, 0.15) is 11.5 Å². The molecular formula is C43H90B5NO10. The molecule has 16 heteroatoms. The van der Waals surface area contributed by atoms with Crippen LogP contribution in [0.15, 0.2) is 29.3 Å². The van der Waals surface area contributed by atoms with Gasteiger partial charge < -0.3 is 41.9 Å². The molecule has 6 rings (SSSR count). The molecule has 0 saturated carbocycles. The Labute approximate surface area is 366 Å². The lowest BCUT2D eigenvalue weighted by Gasteiger charge is -2.32. The maximum Gasteiger partial charge on any atom is 0.597 e. The molecule has 342 valence electrons. The Balaban J connectivity index is -0.000000318. The summed E-state index contributed by atoms with van der Waals surface area (Å²) < 4.78 is 49.7. The summed E-state index contributed by atoms with van der Waals surface area (Å²) in [6, 6.07) is 7.57. The highest BCUT2D eigenvalue weighted by molar-refractivity contribution is 6.54. The van der Waals surface area contributed by atoms with Crippen LogP contribution in [0.3, 0.4) is 0 Å². The minimum Gasteiger partial charge on any atom is -0.523 e. The number of hydrogen-bond acceptors (Lipinski definition) is 11. The first-order valence-electron chi connectivity index (χ1n) is 20.2. The molecule has 0 aromatic heterocycles.